The van der Waals surface area contributed by atoms with E-state index >= 15 is 0 Å². The number of aliphatic hydroxyl groups is 2. The van der Waals surface area contributed by atoms with Crippen LogP contribution in [0.3, 0.4) is 0 Å². The lowest BCUT2D eigenvalue weighted by Gasteiger charge is -2.31. The Balaban J connectivity index is 0. The zero-order chi connectivity index (χ0) is 21.6. The number of nitrogens with zero attached hydrogens (tertiary/aromatic N) is 1. The molecule has 184 valence electrons. The lowest BCUT2D eigenvalue weighted by molar-refractivity contribution is -0.893. The lowest BCUT2D eigenvalue weighted by atomic mass is 10.0. The molecule has 0 heterocycles. The minimum atomic E-state index is -0.447. The van der Waals surface area contributed by atoms with Gasteiger partial charge in [0.1, 0.15) is 19.2 Å². The Hall–Kier alpha value is 0.570. The zero-order valence-corrected chi connectivity index (χ0v) is 22.7. The predicted molar refractivity (Wildman–Crippen MR) is 125 cm³/mol. The number of unbranched alkanes of at least 4 members (excludes halogenated alkanes) is 15. The summed E-state index contributed by atoms with van der Waals surface area (Å²) in [6.45, 7) is 4.88. The molecule has 1 unspecified atom stereocenters. The van der Waals surface area contributed by atoms with Crippen LogP contribution in [-0.4, -0.2) is 67.8 Å². The number of rotatable bonds is 23. The van der Waals surface area contributed by atoms with E-state index in [1.165, 1.54) is 96.3 Å². The molecule has 30 heavy (non-hydrogen) atoms. The molecule has 0 bridgehead atoms. The summed E-state index contributed by atoms with van der Waals surface area (Å²) < 4.78 is 6.24. The van der Waals surface area contributed by atoms with E-state index in [0.29, 0.717) is 24.2 Å². The molecule has 0 aliphatic rings. The van der Waals surface area contributed by atoms with E-state index in [1.807, 2.05) is 14.1 Å². The van der Waals surface area contributed by atoms with Crippen molar-refractivity contribution in [2.45, 2.75) is 116 Å². The molecule has 0 rings (SSSR count). The quantitative estimate of drug-likeness (QED) is 0.118. The first-order valence-electron chi connectivity index (χ1n) is 12.7. The third kappa shape index (κ3) is 24.8. The van der Waals surface area contributed by atoms with Crippen molar-refractivity contribution in [3.05, 3.63) is 0 Å². The molecule has 0 aromatic heterocycles. The second kappa shape index (κ2) is 24.2. The molecular formula is C25H54INO3. The number of likely N-dealkylation sites (N-methyl/N-ethyl adjacent to an activating group) is 1. The summed E-state index contributed by atoms with van der Waals surface area (Å²) in [7, 11) is 4.05. The van der Waals surface area contributed by atoms with Crippen LogP contribution in [0.5, 0.6) is 0 Å². The number of quaternary nitrogens is 1. The summed E-state index contributed by atoms with van der Waals surface area (Å²) in [6, 6.07) is 0. The molecule has 0 spiro atoms. The van der Waals surface area contributed by atoms with E-state index in [1.54, 1.807) is 0 Å². The molecule has 4 nitrogen and oxygen atoms in total. The fraction of sp³-hybridized carbons (Fsp3) is 1.00. The van der Waals surface area contributed by atoms with E-state index in [-0.39, 0.29) is 30.6 Å². The number of hydrogen-bond acceptors (Lipinski definition) is 3. The van der Waals surface area contributed by atoms with Crippen molar-refractivity contribution in [1.82, 2.24) is 0 Å². The van der Waals surface area contributed by atoms with E-state index in [4.69, 9.17) is 9.84 Å². The third-order valence-corrected chi connectivity index (χ3v) is 5.86. The van der Waals surface area contributed by atoms with Gasteiger partial charge in [-0.2, -0.15) is 0 Å². The smallest absolute Gasteiger partial charge is 0.126 e. The van der Waals surface area contributed by atoms with Gasteiger partial charge < -0.3 is 43.4 Å². The van der Waals surface area contributed by atoms with Crippen molar-refractivity contribution in [2.75, 3.05) is 47.0 Å². The van der Waals surface area contributed by atoms with Gasteiger partial charge in [0, 0.05) is 6.61 Å². The fourth-order valence-electron chi connectivity index (χ4n) is 3.96. The van der Waals surface area contributed by atoms with Gasteiger partial charge >= 0.3 is 0 Å². The highest BCUT2D eigenvalue weighted by atomic mass is 127. The SMILES string of the molecule is CCCCCCCCCCCCCCCCCCOCC(O)C[N+](C)(C)CCO.[I-]. The Morgan fingerprint density at radius 2 is 1.10 bits per heavy atom. The molecule has 0 aliphatic carbocycles. The van der Waals surface area contributed by atoms with Crippen molar-refractivity contribution < 1.29 is 43.4 Å². The van der Waals surface area contributed by atoms with Crippen LogP contribution in [0, 0.1) is 0 Å². The maximum atomic E-state index is 10.0. The van der Waals surface area contributed by atoms with Crippen LogP contribution >= 0.6 is 0 Å². The highest BCUT2D eigenvalue weighted by Crippen LogP contribution is 2.13. The summed E-state index contributed by atoms with van der Waals surface area (Å²) in [6.07, 6.45) is 21.6. The van der Waals surface area contributed by atoms with Crippen LogP contribution in [0.1, 0.15) is 110 Å². The molecule has 0 radical (unpaired) electrons. The highest BCUT2D eigenvalue weighted by molar-refractivity contribution is 4.53. The Morgan fingerprint density at radius 3 is 1.50 bits per heavy atom. The summed E-state index contributed by atoms with van der Waals surface area (Å²) >= 11 is 0. The standard InChI is InChI=1S/C25H54NO3.HI/c1-4-5-6-7-8-9-10-11-12-13-14-15-16-17-18-19-22-29-24-25(28)23-26(2,3)20-21-27;/h25,27-28H,4-24H2,1-3H3;1H/q+1;/p-1. The van der Waals surface area contributed by atoms with Gasteiger partial charge in [0.15, 0.2) is 0 Å². The Morgan fingerprint density at radius 1 is 0.700 bits per heavy atom. The second-order valence-corrected chi connectivity index (χ2v) is 9.60. The van der Waals surface area contributed by atoms with Crippen molar-refractivity contribution in [1.29, 1.82) is 0 Å². The molecule has 0 saturated heterocycles. The molecule has 5 heteroatoms. The molecule has 0 amide bonds. The van der Waals surface area contributed by atoms with Crippen LogP contribution in [0.4, 0.5) is 0 Å². The molecular weight excluding hydrogens is 489 g/mol. The number of hydrogen-bond donors (Lipinski definition) is 2. The lowest BCUT2D eigenvalue weighted by Crippen LogP contribution is -3.00. The molecule has 0 saturated carbocycles. The van der Waals surface area contributed by atoms with Crippen molar-refractivity contribution in [2.24, 2.45) is 0 Å². The van der Waals surface area contributed by atoms with Crippen molar-refractivity contribution >= 4 is 0 Å². The van der Waals surface area contributed by atoms with Crippen molar-refractivity contribution in [3.8, 4) is 0 Å². The Bertz CT molecular complexity index is 330. The fourth-order valence-corrected chi connectivity index (χ4v) is 3.96. The normalized spacial score (nSPS) is 12.7. The maximum Gasteiger partial charge on any atom is 0.126 e. The summed E-state index contributed by atoms with van der Waals surface area (Å²) in [5, 5.41) is 19.0. The first-order chi connectivity index (χ1) is 14.0. The van der Waals surface area contributed by atoms with E-state index in [2.05, 4.69) is 6.92 Å². The van der Waals surface area contributed by atoms with Crippen molar-refractivity contribution in [3.63, 3.8) is 0 Å². The number of aliphatic hydroxyl groups excluding tert-OH is 2. The predicted octanol–water partition coefficient (Wildman–Crippen LogP) is 2.70. The number of ether oxygens (including phenoxy) is 1. The number of halogens is 1. The molecule has 0 aliphatic heterocycles. The molecule has 0 fully saturated rings. The Labute approximate surface area is 205 Å². The van der Waals surface area contributed by atoms with E-state index in [9.17, 15) is 5.11 Å². The van der Waals surface area contributed by atoms with Gasteiger partial charge in [-0.05, 0) is 6.42 Å². The third-order valence-electron chi connectivity index (χ3n) is 5.86. The van der Waals surface area contributed by atoms with Gasteiger partial charge in [-0.25, -0.2) is 0 Å². The highest BCUT2D eigenvalue weighted by Gasteiger charge is 2.19. The summed E-state index contributed by atoms with van der Waals surface area (Å²) in [5.74, 6) is 0. The van der Waals surface area contributed by atoms with E-state index in [0.717, 1.165) is 13.0 Å². The molecule has 1 atom stereocenters. The average Bonchev–Trinajstić information content (AvgIpc) is 2.66. The molecule has 0 aromatic carbocycles. The first-order valence-corrected chi connectivity index (χ1v) is 12.7. The largest absolute Gasteiger partial charge is 1.00 e. The molecule has 2 N–H and O–H groups in total. The van der Waals surface area contributed by atoms with Gasteiger partial charge in [-0.15, -0.1) is 0 Å². The van der Waals surface area contributed by atoms with Gasteiger partial charge in [-0.1, -0.05) is 103 Å². The summed E-state index contributed by atoms with van der Waals surface area (Å²) in [5.41, 5.74) is 0. The van der Waals surface area contributed by atoms with Gasteiger partial charge in [-0.3, -0.25) is 0 Å². The monoisotopic (exact) mass is 543 g/mol. The average molecular weight is 544 g/mol. The zero-order valence-electron chi connectivity index (χ0n) is 20.6. The minimum Gasteiger partial charge on any atom is -1.00 e. The minimum absolute atomic E-state index is 0. The van der Waals surface area contributed by atoms with Crippen LogP contribution < -0.4 is 24.0 Å². The van der Waals surface area contributed by atoms with Gasteiger partial charge in [0.05, 0.1) is 27.3 Å². The summed E-state index contributed by atoms with van der Waals surface area (Å²) in [4.78, 5) is 0. The van der Waals surface area contributed by atoms with Crippen LogP contribution in [0.2, 0.25) is 0 Å². The van der Waals surface area contributed by atoms with E-state index < -0.39 is 6.10 Å². The molecule has 0 aromatic rings. The Kier molecular flexibility index (Phi) is 26.4. The maximum absolute atomic E-state index is 10.0. The first kappa shape index (κ1) is 32.7. The second-order valence-electron chi connectivity index (χ2n) is 9.60. The van der Waals surface area contributed by atoms with Crippen LogP contribution in [0.25, 0.3) is 0 Å². The topological polar surface area (TPSA) is 49.7 Å². The van der Waals surface area contributed by atoms with Gasteiger partial charge in [0.25, 0.3) is 0 Å². The van der Waals surface area contributed by atoms with Crippen LogP contribution in [0.15, 0.2) is 0 Å². The van der Waals surface area contributed by atoms with Crippen LogP contribution in [-0.2, 0) is 4.74 Å². The van der Waals surface area contributed by atoms with Gasteiger partial charge in [0.2, 0.25) is 0 Å².